The van der Waals surface area contributed by atoms with Gasteiger partial charge in [0.1, 0.15) is 5.82 Å². The summed E-state index contributed by atoms with van der Waals surface area (Å²) < 4.78 is 25.4. The number of carbonyl (C=O) groups excluding carboxylic acids is 1. The summed E-state index contributed by atoms with van der Waals surface area (Å²) in [6, 6.07) is 19.5. The van der Waals surface area contributed by atoms with Crippen LogP contribution in [-0.4, -0.2) is 34.9 Å². The number of nitrogens with one attached hydrogen (secondary N) is 1. The second-order valence-electron chi connectivity index (χ2n) is 7.39. The highest BCUT2D eigenvalue weighted by Gasteiger charge is 2.19. The number of hydrogen-bond acceptors (Lipinski definition) is 5. The topological polar surface area (TPSA) is 93.4 Å². The number of imidazole rings is 1. The second kappa shape index (κ2) is 7.58. The predicted octanol–water partition coefficient (Wildman–Crippen LogP) is 4.21. The van der Waals surface area contributed by atoms with E-state index in [1.54, 1.807) is 36.7 Å². The summed E-state index contributed by atoms with van der Waals surface area (Å²) in [6.45, 7) is 0. The number of rotatable bonds is 4. The van der Waals surface area contributed by atoms with Gasteiger partial charge in [-0.2, -0.15) is 0 Å². The fourth-order valence-electron chi connectivity index (χ4n) is 3.67. The standard InChI is InChI=1S/C24H18N4O3S/c1-32(30,31)18-10-8-16(9-11-18)23-27-22(21-7-2-3-14-28(21)23)24(29)26-20-6-4-5-17-15-25-13-12-19(17)20/h2-15H,1H3,(H,26,29). The summed E-state index contributed by atoms with van der Waals surface area (Å²) in [7, 11) is -3.30. The molecule has 2 aromatic carbocycles. The molecule has 32 heavy (non-hydrogen) atoms. The Labute approximate surface area is 184 Å². The first-order valence-corrected chi connectivity index (χ1v) is 11.7. The Bertz CT molecular complexity index is 1580. The molecule has 0 aliphatic carbocycles. The minimum Gasteiger partial charge on any atom is -0.320 e. The number of carbonyl (C=O) groups is 1. The quantitative estimate of drug-likeness (QED) is 0.450. The van der Waals surface area contributed by atoms with Gasteiger partial charge in [-0.05, 0) is 48.5 Å². The van der Waals surface area contributed by atoms with Crippen molar-refractivity contribution in [3.8, 4) is 11.4 Å². The zero-order chi connectivity index (χ0) is 22.3. The molecule has 7 nitrogen and oxygen atoms in total. The number of anilines is 1. The number of nitrogens with zero attached hydrogens (tertiary/aromatic N) is 3. The molecule has 0 aliphatic rings. The Hall–Kier alpha value is -4.04. The number of hydrogen-bond donors (Lipinski definition) is 1. The third-order valence-corrected chi connectivity index (χ3v) is 6.36. The molecule has 5 aromatic rings. The van der Waals surface area contributed by atoms with Crippen LogP contribution >= 0.6 is 0 Å². The van der Waals surface area contributed by atoms with Crippen molar-refractivity contribution in [2.75, 3.05) is 11.6 Å². The Balaban J connectivity index is 1.57. The molecule has 5 rings (SSSR count). The van der Waals surface area contributed by atoms with E-state index in [0.29, 0.717) is 22.6 Å². The smallest absolute Gasteiger partial charge is 0.276 e. The van der Waals surface area contributed by atoms with Crippen molar-refractivity contribution in [1.82, 2.24) is 14.4 Å². The summed E-state index contributed by atoms with van der Waals surface area (Å²) in [5, 5.41) is 4.77. The van der Waals surface area contributed by atoms with Gasteiger partial charge in [0.2, 0.25) is 0 Å². The molecule has 0 unspecified atom stereocenters. The van der Waals surface area contributed by atoms with E-state index in [4.69, 9.17) is 0 Å². The van der Waals surface area contributed by atoms with Gasteiger partial charge in [-0.3, -0.25) is 14.2 Å². The Morgan fingerprint density at radius 2 is 1.78 bits per heavy atom. The van der Waals surface area contributed by atoms with Crippen LogP contribution in [0.3, 0.4) is 0 Å². The van der Waals surface area contributed by atoms with Crippen LogP contribution in [0.2, 0.25) is 0 Å². The lowest BCUT2D eigenvalue weighted by Crippen LogP contribution is -2.13. The van der Waals surface area contributed by atoms with E-state index < -0.39 is 9.84 Å². The van der Waals surface area contributed by atoms with Crippen molar-refractivity contribution in [3.63, 3.8) is 0 Å². The van der Waals surface area contributed by atoms with Gasteiger partial charge in [0.25, 0.3) is 5.91 Å². The largest absolute Gasteiger partial charge is 0.320 e. The highest BCUT2D eigenvalue weighted by atomic mass is 32.2. The normalized spacial score (nSPS) is 11.7. The molecular formula is C24H18N4O3S. The van der Waals surface area contributed by atoms with Crippen LogP contribution in [0.4, 0.5) is 5.69 Å². The van der Waals surface area contributed by atoms with Crippen LogP contribution in [0.5, 0.6) is 0 Å². The molecule has 8 heteroatoms. The first kappa shape index (κ1) is 19.9. The first-order valence-electron chi connectivity index (χ1n) is 9.83. The van der Waals surface area contributed by atoms with Gasteiger partial charge in [0.05, 0.1) is 10.4 Å². The highest BCUT2D eigenvalue weighted by Crippen LogP contribution is 2.26. The van der Waals surface area contributed by atoms with Crippen molar-refractivity contribution in [1.29, 1.82) is 0 Å². The summed E-state index contributed by atoms with van der Waals surface area (Å²) >= 11 is 0. The van der Waals surface area contributed by atoms with E-state index >= 15 is 0 Å². The van der Waals surface area contributed by atoms with Crippen LogP contribution in [0, 0.1) is 0 Å². The molecule has 3 heterocycles. The maximum atomic E-state index is 13.2. The third kappa shape index (κ3) is 3.50. The number of fused-ring (bicyclic) bond motifs is 2. The lowest BCUT2D eigenvalue weighted by molar-refractivity contribution is 0.102. The molecule has 0 saturated heterocycles. The van der Waals surface area contributed by atoms with E-state index in [0.717, 1.165) is 10.8 Å². The monoisotopic (exact) mass is 442 g/mol. The van der Waals surface area contributed by atoms with Crippen LogP contribution in [0.1, 0.15) is 10.5 Å². The Morgan fingerprint density at radius 1 is 0.969 bits per heavy atom. The predicted molar refractivity (Wildman–Crippen MR) is 123 cm³/mol. The minimum absolute atomic E-state index is 0.227. The summed E-state index contributed by atoms with van der Waals surface area (Å²) in [6.07, 6.45) is 6.42. The fraction of sp³-hybridized carbons (Fsp3) is 0.0417. The zero-order valence-electron chi connectivity index (χ0n) is 17.1. The van der Waals surface area contributed by atoms with Crippen LogP contribution in [0.25, 0.3) is 27.7 Å². The van der Waals surface area contributed by atoms with Crippen LogP contribution in [0.15, 0.2) is 90.2 Å². The lowest BCUT2D eigenvalue weighted by Gasteiger charge is -2.07. The van der Waals surface area contributed by atoms with Gasteiger partial charge in [0, 0.05) is 46.9 Å². The minimum atomic E-state index is -3.30. The molecule has 158 valence electrons. The molecule has 3 aromatic heterocycles. The Morgan fingerprint density at radius 3 is 2.56 bits per heavy atom. The number of aromatic nitrogens is 3. The maximum Gasteiger partial charge on any atom is 0.276 e. The van der Waals surface area contributed by atoms with Crippen molar-refractivity contribution in [3.05, 3.63) is 91.0 Å². The van der Waals surface area contributed by atoms with Crippen molar-refractivity contribution < 1.29 is 13.2 Å². The summed E-state index contributed by atoms with van der Waals surface area (Å²) in [5.74, 6) is 0.213. The Kier molecular flexibility index (Phi) is 4.71. The van der Waals surface area contributed by atoms with Gasteiger partial charge in [-0.25, -0.2) is 13.4 Å². The van der Waals surface area contributed by atoms with Gasteiger partial charge in [-0.1, -0.05) is 18.2 Å². The van der Waals surface area contributed by atoms with Crippen LogP contribution in [-0.2, 0) is 9.84 Å². The van der Waals surface area contributed by atoms with Crippen LogP contribution < -0.4 is 5.32 Å². The summed E-state index contributed by atoms with van der Waals surface area (Å²) in [5.41, 5.74) is 2.30. The van der Waals surface area contributed by atoms with Crippen molar-refractivity contribution in [2.45, 2.75) is 4.90 Å². The molecule has 0 bridgehead atoms. The molecule has 0 spiro atoms. The number of amides is 1. The van der Waals surface area contributed by atoms with E-state index in [9.17, 15) is 13.2 Å². The van der Waals surface area contributed by atoms with E-state index in [-0.39, 0.29) is 16.5 Å². The molecule has 0 saturated carbocycles. The number of sulfone groups is 1. The summed E-state index contributed by atoms with van der Waals surface area (Å²) in [4.78, 5) is 22.2. The van der Waals surface area contributed by atoms with E-state index in [1.807, 2.05) is 53.1 Å². The molecule has 1 N–H and O–H groups in total. The molecule has 0 fully saturated rings. The molecular weight excluding hydrogens is 424 g/mol. The average Bonchev–Trinajstić information content (AvgIpc) is 3.19. The fourth-order valence-corrected chi connectivity index (χ4v) is 4.30. The lowest BCUT2D eigenvalue weighted by atomic mass is 10.1. The molecule has 0 radical (unpaired) electrons. The van der Waals surface area contributed by atoms with Crippen molar-refractivity contribution >= 4 is 37.7 Å². The van der Waals surface area contributed by atoms with Gasteiger partial charge in [0.15, 0.2) is 15.5 Å². The third-order valence-electron chi connectivity index (χ3n) is 5.23. The van der Waals surface area contributed by atoms with Crippen molar-refractivity contribution in [2.24, 2.45) is 0 Å². The van der Waals surface area contributed by atoms with E-state index in [2.05, 4.69) is 15.3 Å². The van der Waals surface area contributed by atoms with Gasteiger partial charge >= 0.3 is 0 Å². The second-order valence-corrected chi connectivity index (χ2v) is 9.41. The number of benzene rings is 2. The SMILES string of the molecule is CS(=O)(=O)c1ccc(-c2nc(C(=O)Nc3cccc4cnccc34)c3ccccn23)cc1. The van der Waals surface area contributed by atoms with Gasteiger partial charge < -0.3 is 5.32 Å². The molecule has 1 amide bonds. The molecule has 0 atom stereocenters. The maximum absolute atomic E-state index is 13.2. The first-order chi connectivity index (χ1) is 15.4. The average molecular weight is 443 g/mol. The van der Waals surface area contributed by atoms with E-state index in [1.165, 1.54) is 6.26 Å². The molecule has 0 aliphatic heterocycles. The highest BCUT2D eigenvalue weighted by molar-refractivity contribution is 7.90. The zero-order valence-corrected chi connectivity index (χ0v) is 17.9. The number of pyridine rings is 2. The van der Waals surface area contributed by atoms with Gasteiger partial charge in [-0.15, -0.1) is 0 Å².